The topological polar surface area (TPSA) is 66.1 Å². The van der Waals surface area contributed by atoms with Crippen LogP contribution in [0.4, 0.5) is 0 Å². The van der Waals surface area contributed by atoms with E-state index >= 15 is 0 Å². The van der Waals surface area contributed by atoms with Crippen LogP contribution < -0.4 is 5.56 Å². The number of carbonyl (C=O) groups is 1. The van der Waals surface area contributed by atoms with Crippen molar-refractivity contribution in [3.63, 3.8) is 0 Å². The molecule has 1 amide bonds. The van der Waals surface area contributed by atoms with Crippen molar-refractivity contribution in [2.45, 2.75) is 26.2 Å². The molecule has 0 bridgehead atoms. The minimum atomic E-state index is -0.270. The third kappa shape index (κ3) is 3.85. The molecule has 1 aromatic heterocycles. The van der Waals surface area contributed by atoms with Crippen molar-refractivity contribution in [2.75, 3.05) is 13.1 Å². The summed E-state index contributed by atoms with van der Waals surface area (Å²) in [6.45, 7) is 3.74. The van der Waals surface area contributed by atoms with Crippen LogP contribution in [0.1, 0.15) is 25.3 Å². The lowest BCUT2D eigenvalue weighted by Crippen LogP contribution is -2.39. The maximum atomic E-state index is 12.3. The summed E-state index contributed by atoms with van der Waals surface area (Å²) in [7, 11) is 0. The van der Waals surface area contributed by atoms with E-state index in [9.17, 15) is 9.59 Å². The molecular weight excluding hydrogens is 326 g/mol. The fraction of sp³-hybridized carbons (Fsp3) is 0.389. The molecule has 3 rings (SSSR count). The van der Waals surface area contributed by atoms with E-state index in [2.05, 4.69) is 16.9 Å². The van der Waals surface area contributed by atoms with E-state index in [1.54, 1.807) is 24.3 Å². The predicted molar refractivity (Wildman–Crippen MR) is 94.0 cm³/mol. The SMILES string of the molecule is CC1CCN(C(=O)Cc2cnc(-c3ccc(Cl)cc3)[nH]c2=O)CC1. The van der Waals surface area contributed by atoms with Gasteiger partial charge in [-0.25, -0.2) is 4.98 Å². The minimum absolute atomic E-state index is 0.00607. The molecule has 2 heterocycles. The highest BCUT2D eigenvalue weighted by Crippen LogP contribution is 2.18. The molecule has 6 heteroatoms. The number of aromatic amines is 1. The van der Waals surface area contributed by atoms with Crippen molar-refractivity contribution in [3.8, 4) is 11.4 Å². The summed E-state index contributed by atoms with van der Waals surface area (Å²) in [6.07, 6.45) is 3.64. The first kappa shape index (κ1) is 16.7. The number of amides is 1. The van der Waals surface area contributed by atoms with Crippen molar-refractivity contribution in [1.29, 1.82) is 0 Å². The first-order valence-electron chi connectivity index (χ1n) is 8.15. The number of carbonyl (C=O) groups excluding carboxylic acids is 1. The van der Waals surface area contributed by atoms with E-state index in [4.69, 9.17) is 11.6 Å². The normalized spacial score (nSPS) is 15.5. The van der Waals surface area contributed by atoms with Crippen LogP contribution in [0.3, 0.4) is 0 Å². The Morgan fingerprint density at radius 1 is 1.29 bits per heavy atom. The van der Waals surface area contributed by atoms with Gasteiger partial charge in [-0.05, 0) is 43.0 Å². The smallest absolute Gasteiger partial charge is 0.254 e. The van der Waals surface area contributed by atoms with Gasteiger partial charge in [-0.1, -0.05) is 18.5 Å². The third-order valence-corrected chi connectivity index (χ3v) is 4.72. The van der Waals surface area contributed by atoms with Crippen molar-refractivity contribution in [2.24, 2.45) is 5.92 Å². The van der Waals surface area contributed by atoms with Crippen LogP contribution in [0.2, 0.25) is 5.02 Å². The Morgan fingerprint density at radius 3 is 2.58 bits per heavy atom. The number of nitrogens with zero attached hydrogens (tertiary/aromatic N) is 2. The molecule has 1 N–H and O–H groups in total. The first-order chi connectivity index (χ1) is 11.5. The number of H-pyrrole nitrogens is 1. The van der Waals surface area contributed by atoms with Crippen molar-refractivity contribution >= 4 is 17.5 Å². The van der Waals surface area contributed by atoms with Gasteiger partial charge in [-0.15, -0.1) is 0 Å². The Bertz CT molecular complexity index is 778. The number of rotatable bonds is 3. The maximum Gasteiger partial charge on any atom is 0.254 e. The van der Waals surface area contributed by atoms with Gasteiger partial charge in [-0.3, -0.25) is 9.59 Å². The molecule has 1 aromatic carbocycles. The summed E-state index contributed by atoms with van der Waals surface area (Å²) in [4.78, 5) is 33.5. The molecule has 0 radical (unpaired) electrons. The van der Waals surface area contributed by atoms with Crippen LogP contribution in [-0.4, -0.2) is 33.9 Å². The zero-order valence-electron chi connectivity index (χ0n) is 13.6. The zero-order valence-corrected chi connectivity index (χ0v) is 14.3. The molecule has 0 aliphatic carbocycles. The average molecular weight is 346 g/mol. The lowest BCUT2D eigenvalue weighted by Gasteiger charge is -2.30. The number of likely N-dealkylation sites (tertiary alicyclic amines) is 1. The van der Waals surface area contributed by atoms with Crippen LogP contribution in [0.5, 0.6) is 0 Å². The fourth-order valence-electron chi connectivity index (χ4n) is 2.83. The van der Waals surface area contributed by atoms with Crippen LogP contribution in [0, 0.1) is 5.92 Å². The van der Waals surface area contributed by atoms with Gasteiger partial charge in [0.1, 0.15) is 5.82 Å². The van der Waals surface area contributed by atoms with E-state index < -0.39 is 0 Å². The Hall–Kier alpha value is -2.14. The molecule has 0 unspecified atom stereocenters. The molecule has 1 aliphatic heterocycles. The summed E-state index contributed by atoms with van der Waals surface area (Å²) in [5.74, 6) is 1.13. The molecule has 1 fully saturated rings. The number of halogens is 1. The van der Waals surface area contributed by atoms with Crippen LogP contribution in [-0.2, 0) is 11.2 Å². The molecule has 1 aliphatic rings. The van der Waals surface area contributed by atoms with Crippen LogP contribution in [0.25, 0.3) is 11.4 Å². The fourth-order valence-corrected chi connectivity index (χ4v) is 2.96. The summed E-state index contributed by atoms with van der Waals surface area (Å²) in [5.41, 5.74) is 0.907. The van der Waals surface area contributed by atoms with Gasteiger partial charge in [0.25, 0.3) is 5.56 Å². The number of aromatic nitrogens is 2. The number of hydrogen-bond donors (Lipinski definition) is 1. The second-order valence-electron chi connectivity index (χ2n) is 6.33. The van der Waals surface area contributed by atoms with Gasteiger partial charge in [0.05, 0.1) is 6.42 Å². The molecule has 1 saturated heterocycles. The molecule has 5 nitrogen and oxygen atoms in total. The van der Waals surface area contributed by atoms with Crippen molar-refractivity contribution < 1.29 is 4.79 Å². The summed E-state index contributed by atoms with van der Waals surface area (Å²) in [6, 6.07) is 7.07. The average Bonchev–Trinajstić information content (AvgIpc) is 2.58. The molecule has 126 valence electrons. The Morgan fingerprint density at radius 2 is 1.96 bits per heavy atom. The third-order valence-electron chi connectivity index (χ3n) is 4.47. The van der Waals surface area contributed by atoms with Gasteiger partial charge >= 0.3 is 0 Å². The Balaban J connectivity index is 1.72. The molecule has 2 aromatic rings. The van der Waals surface area contributed by atoms with Gasteiger partial charge in [0, 0.05) is 35.4 Å². The van der Waals surface area contributed by atoms with Crippen LogP contribution >= 0.6 is 11.6 Å². The van der Waals surface area contributed by atoms with E-state index in [0.717, 1.165) is 31.5 Å². The van der Waals surface area contributed by atoms with Gasteiger partial charge in [0.15, 0.2) is 0 Å². The highest BCUT2D eigenvalue weighted by Gasteiger charge is 2.21. The largest absolute Gasteiger partial charge is 0.342 e. The molecule has 0 atom stereocenters. The lowest BCUT2D eigenvalue weighted by atomic mass is 9.99. The number of benzene rings is 1. The van der Waals surface area contributed by atoms with E-state index in [1.165, 1.54) is 6.20 Å². The number of nitrogens with one attached hydrogen (secondary N) is 1. The summed E-state index contributed by atoms with van der Waals surface area (Å²) in [5, 5.41) is 0.624. The second-order valence-corrected chi connectivity index (χ2v) is 6.77. The molecule has 0 spiro atoms. The highest BCUT2D eigenvalue weighted by molar-refractivity contribution is 6.30. The highest BCUT2D eigenvalue weighted by atomic mass is 35.5. The summed E-state index contributed by atoms with van der Waals surface area (Å²) < 4.78 is 0. The van der Waals surface area contributed by atoms with Crippen molar-refractivity contribution in [1.82, 2.24) is 14.9 Å². The molecule has 0 saturated carbocycles. The maximum absolute atomic E-state index is 12.3. The molecular formula is C18H20ClN3O2. The summed E-state index contributed by atoms with van der Waals surface area (Å²) >= 11 is 5.86. The quantitative estimate of drug-likeness (QED) is 0.930. The lowest BCUT2D eigenvalue weighted by molar-refractivity contribution is -0.131. The number of hydrogen-bond acceptors (Lipinski definition) is 3. The standard InChI is InChI=1S/C18H20ClN3O2/c1-12-6-8-22(9-7-12)16(23)10-14-11-20-17(21-18(14)24)13-2-4-15(19)5-3-13/h2-5,11-12H,6-10H2,1H3,(H,20,21,24). The van der Waals surface area contributed by atoms with E-state index in [0.29, 0.717) is 22.3 Å². The first-order valence-corrected chi connectivity index (χ1v) is 8.52. The zero-order chi connectivity index (χ0) is 17.1. The number of piperidine rings is 1. The predicted octanol–water partition coefficient (Wildman–Crippen LogP) is 2.89. The van der Waals surface area contributed by atoms with E-state index in [-0.39, 0.29) is 17.9 Å². The second kappa shape index (κ2) is 7.18. The van der Waals surface area contributed by atoms with Crippen LogP contribution in [0.15, 0.2) is 35.3 Å². The molecule has 24 heavy (non-hydrogen) atoms. The Labute approximate surface area is 145 Å². The monoisotopic (exact) mass is 345 g/mol. The van der Waals surface area contributed by atoms with Crippen molar-refractivity contribution in [3.05, 3.63) is 51.4 Å². The van der Waals surface area contributed by atoms with E-state index in [1.807, 2.05) is 4.90 Å². The van der Waals surface area contributed by atoms with Gasteiger partial charge in [0.2, 0.25) is 5.91 Å². The van der Waals surface area contributed by atoms with Gasteiger partial charge < -0.3 is 9.88 Å². The van der Waals surface area contributed by atoms with Gasteiger partial charge in [-0.2, -0.15) is 0 Å². The Kier molecular flexibility index (Phi) is 5.00. The minimum Gasteiger partial charge on any atom is -0.342 e.